The summed E-state index contributed by atoms with van der Waals surface area (Å²) in [5, 5.41) is 5.40. The zero-order valence-electron chi connectivity index (χ0n) is 12.7. The highest BCUT2D eigenvalue weighted by Gasteiger charge is 2.13. The lowest BCUT2D eigenvalue weighted by molar-refractivity contribution is -0.117. The number of amides is 2. The van der Waals surface area contributed by atoms with Crippen molar-refractivity contribution in [3.63, 3.8) is 0 Å². The molecule has 5 heteroatoms. The molecule has 0 heterocycles. The van der Waals surface area contributed by atoms with Gasteiger partial charge in [0.1, 0.15) is 5.70 Å². The van der Waals surface area contributed by atoms with Gasteiger partial charge in [-0.15, -0.1) is 0 Å². The maximum atomic E-state index is 12.3. The summed E-state index contributed by atoms with van der Waals surface area (Å²) < 4.78 is 1.04. The van der Waals surface area contributed by atoms with Gasteiger partial charge >= 0.3 is 0 Å². The molecule has 0 radical (unpaired) electrons. The molecule has 0 aliphatic rings. The third-order valence-electron chi connectivity index (χ3n) is 3.05. The van der Waals surface area contributed by atoms with Crippen LogP contribution in [0.5, 0.6) is 0 Å². The largest absolute Gasteiger partial charge is 0.351 e. The number of likely N-dealkylation sites (N-methyl/N-ethyl adjacent to an activating group) is 1. The van der Waals surface area contributed by atoms with E-state index >= 15 is 0 Å². The fraction of sp³-hybridized carbons (Fsp3) is 0.111. The Morgan fingerprint density at radius 3 is 2.30 bits per heavy atom. The van der Waals surface area contributed by atoms with Crippen LogP contribution < -0.4 is 10.6 Å². The first-order valence-electron chi connectivity index (χ1n) is 7.22. The van der Waals surface area contributed by atoms with Crippen LogP contribution in [0.1, 0.15) is 22.8 Å². The summed E-state index contributed by atoms with van der Waals surface area (Å²) in [7, 11) is 0. The van der Waals surface area contributed by atoms with Gasteiger partial charge in [-0.3, -0.25) is 9.59 Å². The molecule has 0 spiro atoms. The van der Waals surface area contributed by atoms with E-state index in [9.17, 15) is 9.59 Å². The highest BCUT2D eigenvalue weighted by Crippen LogP contribution is 2.09. The van der Waals surface area contributed by atoms with Crippen LogP contribution in [0.15, 0.2) is 60.3 Å². The van der Waals surface area contributed by atoms with Crippen molar-refractivity contribution < 1.29 is 9.59 Å². The summed E-state index contributed by atoms with van der Waals surface area (Å²) in [6.45, 7) is 2.32. The molecule has 0 unspecified atom stereocenters. The molecule has 2 amide bonds. The fourth-order valence-corrected chi connectivity index (χ4v) is 2.29. The van der Waals surface area contributed by atoms with E-state index in [4.69, 9.17) is 0 Å². The third-order valence-corrected chi connectivity index (χ3v) is 3.77. The lowest BCUT2D eigenvalue weighted by Crippen LogP contribution is -2.34. The van der Waals surface area contributed by atoms with Crippen LogP contribution in [0.3, 0.4) is 0 Å². The van der Waals surface area contributed by atoms with Gasteiger partial charge in [-0.25, -0.2) is 0 Å². The molecule has 0 aliphatic carbocycles. The fourth-order valence-electron chi connectivity index (χ4n) is 1.93. The van der Waals surface area contributed by atoms with Crippen LogP contribution in [0.2, 0.25) is 0 Å². The monoisotopic (exact) mass is 420 g/mol. The van der Waals surface area contributed by atoms with Crippen molar-refractivity contribution in [1.82, 2.24) is 10.6 Å². The minimum atomic E-state index is -0.310. The van der Waals surface area contributed by atoms with Crippen LogP contribution >= 0.6 is 22.6 Å². The summed E-state index contributed by atoms with van der Waals surface area (Å²) in [4.78, 5) is 24.5. The Morgan fingerprint density at radius 2 is 1.70 bits per heavy atom. The number of hydrogen-bond donors (Lipinski definition) is 2. The van der Waals surface area contributed by atoms with E-state index in [-0.39, 0.29) is 17.5 Å². The summed E-state index contributed by atoms with van der Waals surface area (Å²) in [5.74, 6) is -0.620. The molecular weight excluding hydrogens is 403 g/mol. The highest BCUT2D eigenvalue weighted by atomic mass is 127. The summed E-state index contributed by atoms with van der Waals surface area (Å²) in [5.41, 5.74) is 1.58. The lowest BCUT2D eigenvalue weighted by Gasteiger charge is -2.10. The van der Waals surface area contributed by atoms with Crippen LogP contribution in [0, 0.1) is 3.57 Å². The van der Waals surface area contributed by atoms with Crippen LogP contribution in [0.25, 0.3) is 6.08 Å². The van der Waals surface area contributed by atoms with Crippen LogP contribution in [-0.2, 0) is 4.79 Å². The molecule has 0 aliphatic heterocycles. The number of rotatable bonds is 5. The van der Waals surface area contributed by atoms with Crippen molar-refractivity contribution in [1.29, 1.82) is 0 Å². The van der Waals surface area contributed by atoms with Gasteiger partial charge in [-0.2, -0.15) is 0 Å². The van der Waals surface area contributed by atoms with E-state index in [1.54, 1.807) is 18.2 Å². The van der Waals surface area contributed by atoms with Crippen molar-refractivity contribution in [3.05, 3.63) is 75.0 Å². The molecule has 23 heavy (non-hydrogen) atoms. The normalized spacial score (nSPS) is 11.0. The second-order valence-corrected chi connectivity index (χ2v) is 6.03. The molecule has 4 nitrogen and oxygen atoms in total. The lowest BCUT2D eigenvalue weighted by atomic mass is 10.1. The number of nitrogens with one attached hydrogen (secondary N) is 2. The molecule has 118 valence electrons. The zero-order chi connectivity index (χ0) is 16.7. The highest BCUT2D eigenvalue weighted by molar-refractivity contribution is 14.1. The van der Waals surface area contributed by atoms with Gasteiger partial charge in [0, 0.05) is 15.7 Å². The van der Waals surface area contributed by atoms with Crippen molar-refractivity contribution >= 4 is 40.5 Å². The zero-order valence-corrected chi connectivity index (χ0v) is 14.8. The average molecular weight is 420 g/mol. The average Bonchev–Trinajstić information content (AvgIpc) is 2.56. The van der Waals surface area contributed by atoms with Gasteiger partial charge in [0.05, 0.1) is 0 Å². The molecule has 0 saturated carbocycles. The minimum absolute atomic E-state index is 0.224. The van der Waals surface area contributed by atoms with Gasteiger partial charge < -0.3 is 10.6 Å². The molecule has 0 aromatic heterocycles. The van der Waals surface area contributed by atoms with Crippen molar-refractivity contribution in [3.8, 4) is 0 Å². The van der Waals surface area contributed by atoms with Crippen LogP contribution in [-0.4, -0.2) is 18.4 Å². The first-order valence-corrected chi connectivity index (χ1v) is 8.30. The first kappa shape index (κ1) is 17.2. The maximum absolute atomic E-state index is 12.3. The summed E-state index contributed by atoms with van der Waals surface area (Å²) >= 11 is 2.17. The molecule has 2 aromatic rings. The second kappa shape index (κ2) is 8.47. The maximum Gasteiger partial charge on any atom is 0.267 e. The Hall–Kier alpha value is -2.15. The number of benzene rings is 2. The molecule has 0 bridgehead atoms. The molecule has 0 atom stereocenters. The number of hydrogen-bond acceptors (Lipinski definition) is 2. The predicted molar refractivity (Wildman–Crippen MR) is 99.7 cm³/mol. The Morgan fingerprint density at radius 1 is 1.04 bits per heavy atom. The van der Waals surface area contributed by atoms with E-state index < -0.39 is 0 Å². The topological polar surface area (TPSA) is 58.2 Å². The van der Waals surface area contributed by atoms with E-state index in [0.29, 0.717) is 12.1 Å². The van der Waals surface area contributed by atoms with Crippen LogP contribution in [0.4, 0.5) is 0 Å². The molecule has 0 saturated heterocycles. The van der Waals surface area contributed by atoms with Crippen molar-refractivity contribution in [2.75, 3.05) is 6.54 Å². The second-order valence-electron chi connectivity index (χ2n) is 4.79. The SMILES string of the molecule is CCNC(=O)/C(=C\c1ccccc1)NC(=O)c1ccc(I)cc1. The standard InChI is InChI=1S/C18H17IN2O2/c1-2-20-18(23)16(12-13-6-4-3-5-7-13)21-17(22)14-8-10-15(19)11-9-14/h3-12H,2H2,1H3,(H,20,23)(H,21,22)/b16-12+. The van der Waals surface area contributed by atoms with Gasteiger partial charge in [0.2, 0.25) is 0 Å². The van der Waals surface area contributed by atoms with E-state index in [2.05, 4.69) is 33.2 Å². The smallest absolute Gasteiger partial charge is 0.267 e. The minimum Gasteiger partial charge on any atom is -0.351 e. The predicted octanol–water partition coefficient (Wildman–Crippen LogP) is 3.20. The Labute approximate surface area is 149 Å². The molecule has 2 rings (SSSR count). The Kier molecular flexibility index (Phi) is 6.34. The van der Waals surface area contributed by atoms with Gasteiger partial charge in [0.15, 0.2) is 0 Å². The Balaban J connectivity index is 2.24. The van der Waals surface area contributed by atoms with E-state index in [1.165, 1.54) is 0 Å². The number of halogens is 1. The molecule has 2 aromatic carbocycles. The van der Waals surface area contributed by atoms with Gasteiger partial charge in [0.25, 0.3) is 11.8 Å². The Bertz CT molecular complexity index is 710. The van der Waals surface area contributed by atoms with Crippen molar-refractivity contribution in [2.24, 2.45) is 0 Å². The van der Waals surface area contributed by atoms with E-state index in [0.717, 1.165) is 9.13 Å². The number of carbonyl (C=O) groups is 2. The molecule has 2 N–H and O–H groups in total. The van der Waals surface area contributed by atoms with Crippen molar-refractivity contribution in [2.45, 2.75) is 6.92 Å². The first-order chi connectivity index (χ1) is 11.1. The molecular formula is C18H17IN2O2. The summed E-state index contributed by atoms with van der Waals surface area (Å²) in [6.07, 6.45) is 1.66. The molecule has 0 fully saturated rings. The third kappa shape index (κ3) is 5.21. The van der Waals surface area contributed by atoms with Gasteiger partial charge in [-0.05, 0) is 65.4 Å². The van der Waals surface area contributed by atoms with E-state index in [1.807, 2.05) is 49.4 Å². The summed E-state index contributed by atoms with van der Waals surface area (Å²) in [6, 6.07) is 16.6. The van der Waals surface area contributed by atoms with Gasteiger partial charge in [-0.1, -0.05) is 30.3 Å². The number of carbonyl (C=O) groups excluding carboxylic acids is 2. The quantitative estimate of drug-likeness (QED) is 0.577.